The van der Waals surface area contributed by atoms with Gasteiger partial charge in [0.05, 0.1) is 24.1 Å². The van der Waals surface area contributed by atoms with Crippen LogP contribution in [0.5, 0.6) is 5.75 Å². The van der Waals surface area contributed by atoms with Gasteiger partial charge in [-0.3, -0.25) is 9.10 Å². The standard InChI is InChI=1S/C16H16BrClN2O4S/c1-24-15-6-4-3-5-14(15)20(25(2,22)23)10-16(21)19-11-7-8-12(17)13(18)9-11/h3-9H,10H2,1-2H3,(H,19,21). The van der Waals surface area contributed by atoms with Gasteiger partial charge in [0.1, 0.15) is 12.3 Å². The molecule has 0 atom stereocenters. The summed E-state index contributed by atoms with van der Waals surface area (Å²) in [6.07, 6.45) is 1.03. The molecule has 2 aromatic rings. The molecule has 134 valence electrons. The summed E-state index contributed by atoms with van der Waals surface area (Å²) in [6, 6.07) is 11.5. The summed E-state index contributed by atoms with van der Waals surface area (Å²) in [7, 11) is -2.26. The minimum atomic E-state index is -3.69. The van der Waals surface area contributed by atoms with Gasteiger partial charge >= 0.3 is 0 Å². The Labute approximate surface area is 159 Å². The first-order valence-corrected chi connectivity index (χ1v) is 10.1. The summed E-state index contributed by atoms with van der Waals surface area (Å²) in [6.45, 7) is -0.396. The predicted molar refractivity (Wildman–Crippen MR) is 103 cm³/mol. The van der Waals surface area contributed by atoms with E-state index in [1.807, 2.05) is 0 Å². The summed E-state index contributed by atoms with van der Waals surface area (Å²) in [4.78, 5) is 12.3. The first-order chi connectivity index (χ1) is 11.7. The lowest BCUT2D eigenvalue weighted by Crippen LogP contribution is -2.37. The highest BCUT2D eigenvalue weighted by Gasteiger charge is 2.23. The van der Waals surface area contributed by atoms with Crippen molar-refractivity contribution in [3.63, 3.8) is 0 Å². The minimum absolute atomic E-state index is 0.288. The number of nitrogens with zero attached hydrogens (tertiary/aromatic N) is 1. The lowest BCUT2D eigenvalue weighted by molar-refractivity contribution is -0.114. The lowest BCUT2D eigenvalue weighted by Gasteiger charge is -2.23. The molecule has 0 aliphatic carbocycles. The molecule has 1 amide bonds. The van der Waals surface area contributed by atoms with Gasteiger partial charge in [-0.25, -0.2) is 8.42 Å². The van der Waals surface area contributed by atoms with Crippen molar-refractivity contribution >= 4 is 54.8 Å². The van der Waals surface area contributed by atoms with Crippen molar-refractivity contribution in [2.75, 3.05) is 29.5 Å². The Morgan fingerprint density at radius 2 is 1.96 bits per heavy atom. The van der Waals surface area contributed by atoms with Crippen molar-refractivity contribution in [2.45, 2.75) is 0 Å². The summed E-state index contributed by atoms with van der Waals surface area (Å²) >= 11 is 9.25. The number of ether oxygens (including phenoxy) is 1. The monoisotopic (exact) mass is 446 g/mol. The van der Waals surface area contributed by atoms with E-state index >= 15 is 0 Å². The highest BCUT2D eigenvalue weighted by molar-refractivity contribution is 9.10. The number of carbonyl (C=O) groups excluding carboxylic acids is 1. The zero-order valence-electron chi connectivity index (χ0n) is 13.5. The van der Waals surface area contributed by atoms with E-state index in [-0.39, 0.29) is 5.69 Å². The van der Waals surface area contributed by atoms with E-state index in [0.29, 0.717) is 20.9 Å². The molecule has 2 rings (SSSR count). The first kappa shape index (κ1) is 19.6. The zero-order chi connectivity index (χ0) is 18.6. The van der Waals surface area contributed by atoms with Crippen LogP contribution >= 0.6 is 27.5 Å². The van der Waals surface area contributed by atoms with Gasteiger partial charge in [0, 0.05) is 10.2 Å². The SMILES string of the molecule is COc1ccccc1N(CC(=O)Nc1ccc(Br)c(Cl)c1)S(C)(=O)=O. The summed E-state index contributed by atoms with van der Waals surface area (Å²) in [5, 5.41) is 3.06. The van der Waals surface area contributed by atoms with Crippen LogP contribution in [0.25, 0.3) is 0 Å². The number of para-hydroxylation sites is 2. The Morgan fingerprint density at radius 3 is 2.56 bits per heavy atom. The maximum absolute atomic E-state index is 12.3. The maximum atomic E-state index is 12.3. The molecule has 0 aliphatic rings. The molecule has 0 fully saturated rings. The third-order valence-electron chi connectivity index (χ3n) is 3.24. The number of methoxy groups -OCH3 is 1. The van der Waals surface area contributed by atoms with Crippen LogP contribution < -0.4 is 14.4 Å². The molecule has 0 heterocycles. The van der Waals surface area contributed by atoms with E-state index in [2.05, 4.69) is 21.2 Å². The van der Waals surface area contributed by atoms with Crippen LogP contribution in [0.1, 0.15) is 0 Å². The molecule has 25 heavy (non-hydrogen) atoms. The van der Waals surface area contributed by atoms with E-state index in [1.54, 1.807) is 42.5 Å². The molecule has 0 aliphatic heterocycles. The third kappa shape index (κ3) is 5.10. The van der Waals surface area contributed by atoms with Gasteiger partial charge in [0.15, 0.2) is 0 Å². The van der Waals surface area contributed by atoms with Gasteiger partial charge in [0.2, 0.25) is 15.9 Å². The van der Waals surface area contributed by atoms with Gasteiger partial charge in [-0.05, 0) is 46.3 Å². The van der Waals surface area contributed by atoms with Crippen molar-refractivity contribution in [1.29, 1.82) is 0 Å². The van der Waals surface area contributed by atoms with Crippen LogP contribution in [-0.4, -0.2) is 34.2 Å². The number of nitrogens with one attached hydrogen (secondary N) is 1. The van der Waals surface area contributed by atoms with E-state index in [1.165, 1.54) is 7.11 Å². The molecular formula is C16H16BrClN2O4S. The number of rotatable bonds is 6. The molecular weight excluding hydrogens is 432 g/mol. The molecule has 0 saturated carbocycles. The summed E-state index contributed by atoms with van der Waals surface area (Å²) < 4.78 is 31.2. The second-order valence-corrected chi connectivity index (χ2v) is 8.29. The molecule has 0 saturated heterocycles. The molecule has 0 radical (unpaired) electrons. The summed E-state index contributed by atoms with van der Waals surface area (Å²) in [5.41, 5.74) is 0.753. The normalized spacial score (nSPS) is 11.0. The molecule has 9 heteroatoms. The van der Waals surface area contributed by atoms with Gasteiger partial charge in [-0.2, -0.15) is 0 Å². The van der Waals surface area contributed by atoms with Crippen molar-refractivity contribution < 1.29 is 17.9 Å². The molecule has 0 aromatic heterocycles. The van der Waals surface area contributed by atoms with Crippen molar-refractivity contribution in [3.05, 3.63) is 52.0 Å². The van der Waals surface area contributed by atoms with Crippen LogP contribution in [0, 0.1) is 0 Å². The third-order valence-corrected chi connectivity index (χ3v) is 5.60. The number of benzene rings is 2. The average Bonchev–Trinajstić information content (AvgIpc) is 2.55. The molecule has 2 aromatic carbocycles. The number of carbonyl (C=O) groups is 1. The fraction of sp³-hybridized carbons (Fsp3) is 0.188. The maximum Gasteiger partial charge on any atom is 0.245 e. The Balaban J connectivity index is 2.25. The fourth-order valence-electron chi connectivity index (χ4n) is 2.12. The van der Waals surface area contributed by atoms with Gasteiger partial charge in [0.25, 0.3) is 0 Å². The van der Waals surface area contributed by atoms with Crippen LogP contribution in [0.15, 0.2) is 46.9 Å². The van der Waals surface area contributed by atoms with Crippen LogP contribution in [0.4, 0.5) is 11.4 Å². The Kier molecular flexibility index (Phi) is 6.31. The second kappa shape index (κ2) is 8.07. The molecule has 0 unspecified atom stereocenters. The zero-order valence-corrected chi connectivity index (χ0v) is 16.7. The van der Waals surface area contributed by atoms with Crippen LogP contribution in [0.2, 0.25) is 5.02 Å². The number of hydrogen-bond acceptors (Lipinski definition) is 4. The van der Waals surface area contributed by atoms with Crippen LogP contribution in [0.3, 0.4) is 0 Å². The Bertz CT molecular complexity index is 889. The summed E-state index contributed by atoms with van der Waals surface area (Å²) in [5.74, 6) is -0.151. The fourth-order valence-corrected chi connectivity index (χ4v) is 3.41. The van der Waals surface area contributed by atoms with E-state index in [4.69, 9.17) is 16.3 Å². The topological polar surface area (TPSA) is 75.7 Å². The number of amides is 1. The van der Waals surface area contributed by atoms with Crippen LogP contribution in [-0.2, 0) is 14.8 Å². The molecule has 1 N–H and O–H groups in total. The van der Waals surface area contributed by atoms with Gasteiger partial charge in [-0.1, -0.05) is 23.7 Å². The second-order valence-electron chi connectivity index (χ2n) is 5.12. The average molecular weight is 448 g/mol. The van der Waals surface area contributed by atoms with Gasteiger partial charge < -0.3 is 10.1 Å². The number of hydrogen-bond donors (Lipinski definition) is 1. The predicted octanol–water partition coefficient (Wildman–Crippen LogP) is 3.52. The largest absolute Gasteiger partial charge is 0.495 e. The van der Waals surface area contributed by atoms with Crippen molar-refractivity contribution in [2.24, 2.45) is 0 Å². The highest BCUT2D eigenvalue weighted by Crippen LogP contribution is 2.29. The minimum Gasteiger partial charge on any atom is -0.495 e. The van der Waals surface area contributed by atoms with Gasteiger partial charge in [-0.15, -0.1) is 0 Å². The van der Waals surface area contributed by atoms with Crippen molar-refractivity contribution in [1.82, 2.24) is 0 Å². The lowest BCUT2D eigenvalue weighted by atomic mass is 10.3. The highest BCUT2D eigenvalue weighted by atomic mass is 79.9. The molecule has 0 spiro atoms. The number of halogens is 2. The number of anilines is 2. The first-order valence-electron chi connectivity index (χ1n) is 7.08. The Hall–Kier alpha value is -1.77. The molecule has 0 bridgehead atoms. The molecule has 6 nitrogen and oxygen atoms in total. The van der Waals surface area contributed by atoms with E-state index in [9.17, 15) is 13.2 Å². The Morgan fingerprint density at radius 1 is 1.28 bits per heavy atom. The van der Waals surface area contributed by atoms with Crippen molar-refractivity contribution in [3.8, 4) is 5.75 Å². The quantitative estimate of drug-likeness (QED) is 0.735. The smallest absolute Gasteiger partial charge is 0.245 e. The number of sulfonamides is 1. The van der Waals surface area contributed by atoms with E-state index in [0.717, 1.165) is 10.6 Å². The van der Waals surface area contributed by atoms with E-state index < -0.39 is 22.5 Å².